The van der Waals surface area contributed by atoms with Crippen molar-refractivity contribution in [1.29, 1.82) is 10.8 Å². The Bertz CT molecular complexity index is 346. The molecule has 4 heteroatoms. The first-order valence-electron chi connectivity index (χ1n) is 4.13. The number of thioether (sulfide) groups is 1. The van der Waals surface area contributed by atoms with E-state index in [1.807, 2.05) is 0 Å². The number of nitrogens with one attached hydrogen (secondary N) is 2. The lowest BCUT2D eigenvalue weighted by Crippen LogP contribution is -1.99. The summed E-state index contributed by atoms with van der Waals surface area (Å²) in [5.41, 5.74) is 0.894. The highest BCUT2D eigenvalue weighted by Crippen LogP contribution is 2.11. The number of halogens is 1. The van der Waals surface area contributed by atoms with Crippen LogP contribution in [0.2, 0.25) is 0 Å². The van der Waals surface area contributed by atoms with Crippen LogP contribution in [0, 0.1) is 16.6 Å². The van der Waals surface area contributed by atoms with E-state index in [4.69, 9.17) is 10.8 Å². The first kappa shape index (κ1) is 10.9. The van der Waals surface area contributed by atoms with Crippen molar-refractivity contribution in [2.75, 3.05) is 0 Å². The molecule has 0 fully saturated rings. The Morgan fingerprint density at radius 3 is 2.36 bits per heavy atom. The summed E-state index contributed by atoms with van der Waals surface area (Å²) in [4.78, 5) is 0. The van der Waals surface area contributed by atoms with Crippen LogP contribution >= 0.6 is 11.8 Å². The standard InChI is InChI=1S/C10H11FN2S/c1-7(12)14-10(13)6-8-2-4-9(11)5-3-8/h2-5,12-13H,6H2,1H3. The van der Waals surface area contributed by atoms with E-state index >= 15 is 0 Å². The van der Waals surface area contributed by atoms with Gasteiger partial charge in [-0.25, -0.2) is 4.39 Å². The molecule has 0 amide bonds. The van der Waals surface area contributed by atoms with Crippen LogP contribution in [0.4, 0.5) is 4.39 Å². The number of rotatable bonds is 2. The van der Waals surface area contributed by atoms with Gasteiger partial charge in [-0.3, -0.25) is 10.8 Å². The van der Waals surface area contributed by atoms with Gasteiger partial charge in [0.25, 0.3) is 0 Å². The molecule has 0 aliphatic heterocycles. The molecule has 0 aromatic heterocycles. The molecule has 0 aliphatic rings. The molecule has 14 heavy (non-hydrogen) atoms. The second kappa shape index (κ2) is 4.91. The highest BCUT2D eigenvalue weighted by atomic mass is 32.2. The van der Waals surface area contributed by atoms with Gasteiger partial charge < -0.3 is 0 Å². The summed E-state index contributed by atoms with van der Waals surface area (Å²) in [6, 6.07) is 6.07. The van der Waals surface area contributed by atoms with Gasteiger partial charge in [-0.15, -0.1) is 0 Å². The maximum atomic E-state index is 12.5. The maximum Gasteiger partial charge on any atom is 0.123 e. The predicted molar refractivity (Wildman–Crippen MR) is 58.8 cm³/mol. The molecule has 0 saturated heterocycles. The van der Waals surface area contributed by atoms with E-state index in [2.05, 4.69) is 0 Å². The number of hydrogen-bond donors (Lipinski definition) is 2. The molecule has 0 radical (unpaired) electrons. The van der Waals surface area contributed by atoms with Gasteiger partial charge in [-0.2, -0.15) is 0 Å². The van der Waals surface area contributed by atoms with Crippen LogP contribution in [0.5, 0.6) is 0 Å². The van der Waals surface area contributed by atoms with Crippen molar-refractivity contribution in [2.24, 2.45) is 0 Å². The molecule has 0 heterocycles. The average molecular weight is 210 g/mol. The van der Waals surface area contributed by atoms with Crippen LogP contribution < -0.4 is 0 Å². The van der Waals surface area contributed by atoms with Gasteiger partial charge in [-0.1, -0.05) is 23.9 Å². The topological polar surface area (TPSA) is 47.7 Å². The van der Waals surface area contributed by atoms with Gasteiger partial charge in [-0.05, 0) is 24.6 Å². The molecule has 0 bridgehead atoms. The molecule has 0 unspecified atom stereocenters. The van der Waals surface area contributed by atoms with Crippen LogP contribution in [-0.2, 0) is 6.42 Å². The van der Waals surface area contributed by atoms with Gasteiger partial charge in [0.1, 0.15) is 5.82 Å². The van der Waals surface area contributed by atoms with E-state index in [0.29, 0.717) is 16.5 Å². The van der Waals surface area contributed by atoms with Crippen LogP contribution in [0.15, 0.2) is 24.3 Å². The van der Waals surface area contributed by atoms with E-state index < -0.39 is 0 Å². The van der Waals surface area contributed by atoms with Gasteiger partial charge in [0.05, 0.1) is 10.1 Å². The number of hydrogen-bond acceptors (Lipinski definition) is 3. The zero-order valence-electron chi connectivity index (χ0n) is 7.80. The highest BCUT2D eigenvalue weighted by molar-refractivity contribution is 8.26. The summed E-state index contributed by atoms with van der Waals surface area (Å²) in [5.74, 6) is -0.267. The molecule has 74 valence electrons. The summed E-state index contributed by atoms with van der Waals surface area (Å²) in [6.45, 7) is 1.64. The smallest absolute Gasteiger partial charge is 0.123 e. The SMILES string of the molecule is CC(=N)SC(=N)Cc1ccc(F)cc1. The van der Waals surface area contributed by atoms with E-state index in [9.17, 15) is 4.39 Å². The second-order valence-electron chi connectivity index (χ2n) is 2.88. The predicted octanol–water partition coefficient (Wildman–Crippen LogP) is 3.08. The van der Waals surface area contributed by atoms with E-state index in [1.54, 1.807) is 19.1 Å². The molecular weight excluding hydrogens is 199 g/mol. The van der Waals surface area contributed by atoms with Crippen LogP contribution in [0.3, 0.4) is 0 Å². The second-order valence-corrected chi connectivity index (χ2v) is 4.19. The first-order valence-corrected chi connectivity index (χ1v) is 4.94. The first-order chi connectivity index (χ1) is 6.58. The Hall–Kier alpha value is -1.16. The molecule has 0 aliphatic carbocycles. The Balaban J connectivity index is 2.56. The molecule has 0 saturated carbocycles. The zero-order chi connectivity index (χ0) is 10.6. The molecule has 1 aromatic rings. The fraction of sp³-hybridized carbons (Fsp3) is 0.200. The lowest BCUT2D eigenvalue weighted by atomic mass is 10.2. The summed E-state index contributed by atoms with van der Waals surface area (Å²) >= 11 is 1.13. The molecule has 1 rings (SSSR count). The average Bonchev–Trinajstić information content (AvgIpc) is 2.07. The minimum Gasteiger partial charge on any atom is -0.298 e. The monoisotopic (exact) mass is 210 g/mol. The van der Waals surface area contributed by atoms with Gasteiger partial charge in [0.2, 0.25) is 0 Å². The fourth-order valence-corrected chi connectivity index (χ4v) is 1.62. The van der Waals surface area contributed by atoms with Crippen molar-refractivity contribution in [1.82, 2.24) is 0 Å². The third-order valence-corrected chi connectivity index (χ3v) is 2.25. The van der Waals surface area contributed by atoms with Crippen molar-refractivity contribution >= 4 is 21.8 Å². The largest absolute Gasteiger partial charge is 0.298 e. The summed E-state index contributed by atoms with van der Waals surface area (Å²) in [7, 11) is 0. The minimum atomic E-state index is -0.267. The Labute approximate surface area is 86.6 Å². The van der Waals surface area contributed by atoms with Crippen LogP contribution in [-0.4, -0.2) is 10.1 Å². The van der Waals surface area contributed by atoms with Crippen molar-refractivity contribution in [3.8, 4) is 0 Å². The molecule has 2 N–H and O–H groups in total. The lowest BCUT2D eigenvalue weighted by Gasteiger charge is -2.02. The Morgan fingerprint density at radius 2 is 1.86 bits per heavy atom. The van der Waals surface area contributed by atoms with Crippen molar-refractivity contribution < 1.29 is 4.39 Å². The zero-order valence-corrected chi connectivity index (χ0v) is 8.62. The molecule has 2 nitrogen and oxygen atoms in total. The summed E-state index contributed by atoms with van der Waals surface area (Å²) < 4.78 is 12.5. The van der Waals surface area contributed by atoms with Crippen molar-refractivity contribution in [2.45, 2.75) is 13.3 Å². The molecule has 0 atom stereocenters. The quantitative estimate of drug-likeness (QED) is 0.572. The third kappa shape index (κ3) is 3.70. The normalized spacial score (nSPS) is 9.86. The van der Waals surface area contributed by atoms with Crippen molar-refractivity contribution in [3.05, 3.63) is 35.6 Å². The summed E-state index contributed by atoms with van der Waals surface area (Å²) in [6.07, 6.45) is 0.459. The molecule has 1 aromatic carbocycles. The minimum absolute atomic E-state index is 0.267. The highest BCUT2D eigenvalue weighted by Gasteiger charge is 2.01. The third-order valence-electron chi connectivity index (χ3n) is 1.55. The van der Waals surface area contributed by atoms with Gasteiger partial charge in [0, 0.05) is 6.42 Å². The van der Waals surface area contributed by atoms with Gasteiger partial charge >= 0.3 is 0 Å². The lowest BCUT2D eigenvalue weighted by molar-refractivity contribution is 0.627. The fourth-order valence-electron chi connectivity index (χ4n) is 1.01. The van der Waals surface area contributed by atoms with E-state index in [-0.39, 0.29) is 5.82 Å². The Morgan fingerprint density at radius 1 is 1.29 bits per heavy atom. The summed E-state index contributed by atoms with van der Waals surface area (Å²) in [5, 5.41) is 15.5. The van der Waals surface area contributed by atoms with Crippen LogP contribution in [0.25, 0.3) is 0 Å². The maximum absolute atomic E-state index is 12.5. The molecular formula is C10H11FN2S. The number of benzene rings is 1. The molecule has 0 spiro atoms. The van der Waals surface area contributed by atoms with E-state index in [0.717, 1.165) is 17.3 Å². The van der Waals surface area contributed by atoms with Gasteiger partial charge in [0.15, 0.2) is 0 Å². The van der Waals surface area contributed by atoms with Crippen LogP contribution in [0.1, 0.15) is 12.5 Å². The van der Waals surface area contributed by atoms with E-state index in [1.165, 1.54) is 12.1 Å². The van der Waals surface area contributed by atoms with Crippen molar-refractivity contribution in [3.63, 3.8) is 0 Å². The Kier molecular flexibility index (Phi) is 3.83.